The standard InChI is InChI=1S/C12H17N3O5S/c1-14(10-4-6-20-7-5-10)21(18,19)12-3-2-9(13)8-11(12)15(16)17/h2-3,8,10H,4-7,13H2,1H3. The third-order valence-electron chi connectivity index (χ3n) is 3.54. The fourth-order valence-electron chi connectivity index (χ4n) is 2.30. The molecule has 9 heteroatoms. The summed E-state index contributed by atoms with van der Waals surface area (Å²) in [5, 5.41) is 11.1. The highest BCUT2D eigenvalue weighted by Gasteiger charge is 2.34. The second-order valence-corrected chi connectivity index (χ2v) is 6.81. The maximum absolute atomic E-state index is 12.6. The van der Waals surface area contributed by atoms with E-state index in [0.717, 1.165) is 6.07 Å². The summed E-state index contributed by atoms with van der Waals surface area (Å²) in [5.41, 5.74) is 5.14. The summed E-state index contributed by atoms with van der Waals surface area (Å²) in [6.45, 7) is 0.961. The first kappa shape index (κ1) is 15.7. The van der Waals surface area contributed by atoms with Crippen molar-refractivity contribution in [2.45, 2.75) is 23.8 Å². The average molecular weight is 315 g/mol. The summed E-state index contributed by atoms with van der Waals surface area (Å²) in [6.07, 6.45) is 1.14. The molecular weight excluding hydrogens is 298 g/mol. The summed E-state index contributed by atoms with van der Waals surface area (Å²) < 4.78 is 31.6. The van der Waals surface area contributed by atoms with Crippen LogP contribution < -0.4 is 5.73 Å². The zero-order chi connectivity index (χ0) is 15.6. The van der Waals surface area contributed by atoms with Crippen LogP contribution in [-0.2, 0) is 14.8 Å². The first-order valence-electron chi connectivity index (χ1n) is 6.43. The minimum atomic E-state index is -3.95. The SMILES string of the molecule is CN(C1CCOCC1)S(=O)(=O)c1ccc(N)cc1[N+](=O)[O-]. The Hall–Kier alpha value is -1.71. The number of benzene rings is 1. The molecule has 0 atom stereocenters. The lowest BCUT2D eigenvalue weighted by Crippen LogP contribution is -2.40. The van der Waals surface area contributed by atoms with Gasteiger partial charge in [0.1, 0.15) is 0 Å². The molecule has 1 heterocycles. The highest BCUT2D eigenvalue weighted by atomic mass is 32.2. The van der Waals surface area contributed by atoms with E-state index in [2.05, 4.69) is 0 Å². The Morgan fingerprint density at radius 3 is 2.57 bits per heavy atom. The molecular formula is C12H17N3O5S. The van der Waals surface area contributed by atoms with E-state index in [4.69, 9.17) is 10.5 Å². The zero-order valence-corrected chi connectivity index (χ0v) is 12.4. The molecule has 1 aliphatic heterocycles. The van der Waals surface area contributed by atoms with Crippen LogP contribution in [0.15, 0.2) is 23.1 Å². The molecule has 0 saturated carbocycles. The van der Waals surface area contributed by atoms with Gasteiger partial charge in [0.05, 0.1) is 4.92 Å². The Morgan fingerprint density at radius 1 is 1.38 bits per heavy atom. The Morgan fingerprint density at radius 2 is 2.00 bits per heavy atom. The van der Waals surface area contributed by atoms with Crippen LogP contribution in [0.1, 0.15) is 12.8 Å². The van der Waals surface area contributed by atoms with Crippen LogP contribution in [-0.4, -0.2) is 43.9 Å². The summed E-state index contributed by atoms with van der Waals surface area (Å²) >= 11 is 0. The molecule has 0 amide bonds. The second kappa shape index (κ2) is 5.96. The van der Waals surface area contributed by atoms with Crippen LogP contribution in [0.4, 0.5) is 11.4 Å². The highest BCUT2D eigenvalue weighted by Crippen LogP contribution is 2.30. The van der Waals surface area contributed by atoms with Gasteiger partial charge in [-0.25, -0.2) is 8.42 Å². The van der Waals surface area contributed by atoms with Gasteiger partial charge in [-0.1, -0.05) is 0 Å². The second-order valence-electron chi connectivity index (χ2n) is 4.85. The summed E-state index contributed by atoms with van der Waals surface area (Å²) in [5.74, 6) is 0. The summed E-state index contributed by atoms with van der Waals surface area (Å²) in [6, 6.07) is 3.36. The predicted octanol–water partition coefficient (Wildman–Crippen LogP) is 0.976. The molecule has 116 valence electrons. The van der Waals surface area contributed by atoms with E-state index in [1.165, 1.54) is 23.5 Å². The molecule has 0 aliphatic carbocycles. The minimum Gasteiger partial charge on any atom is -0.399 e. The maximum Gasteiger partial charge on any atom is 0.291 e. The smallest absolute Gasteiger partial charge is 0.291 e. The third-order valence-corrected chi connectivity index (χ3v) is 5.50. The molecule has 0 bridgehead atoms. The van der Waals surface area contributed by atoms with Crippen LogP contribution >= 0.6 is 0 Å². The number of nitro benzene ring substituents is 1. The molecule has 0 unspecified atom stereocenters. The number of nitrogens with two attached hydrogens (primary N) is 1. The van der Waals surface area contributed by atoms with Crippen LogP contribution in [0.25, 0.3) is 0 Å². The zero-order valence-electron chi connectivity index (χ0n) is 11.6. The van der Waals surface area contributed by atoms with Crippen molar-refractivity contribution < 1.29 is 18.1 Å². The average Bonchev–Trinajstić information content (AvgIpc) is 2.47. The van der Waals surface area contributed by atoms with Crippen molar-refractivity contribution in [2.75, 3.05) is 26.0 Å². The van der Waals surface area contributed by atoms with Crippen LogP contribution in [0.3, 0.4) is 0 Å². The Balaban J connectivity index is 2.41. The highest BCUT2D eigenvalue weighted by molar-refractivity contribution is 7.89. The molecule has 8 nitrogen and oxygen atoms in total. The first-order chi connectivity index (χ1) is 9.84. The molecule has 1 aromatic carbocycles. The van der Waals surface area contributed by atoms with Gasteiger partial charge in [0.15, 0.2) is 4.90 Å². The van der Waals surface area contributed by atoms with Crippen molar-refractivity contribution in [3.63, 3.8) is 0 Å². The number of hydrogen-bond acceptors (Lipinski definition) is 6. The quantitative estimate of drug-likeness (QED) is 0.503. The van der Waals surface area contributed by atoms with Crippen molar-refractivity contribution in [2.24, 2.45) is 0 Å². The van der Waals surface area contributed by atoms with Gasteiger partial charge in [-0.2, -0.15) is 4.31 Å². The van der Waals surface area contributed by atoms with Gasteiger partial charge in [0, 0.05) is 38.1 Å². The van der Waals surface area contributed by atoms with E-state index >= 15 is 0 Å². The van der Waals surface area contributed by atoms with Crippen LogP contribution in [0.2, 0.25) is 0 Å². The predicted molar refractivity (Wildman–Crippen MR) is 76.3 cm³/mol. The number of nitro groups is 1. The number of nitrogens with zero attached hydrogens (tertiary/aromatic N) is 2. The van der Waals surface area contributed by atoms with Gasteiger partial charge in [-0.3, -0.25) is 10.1 Å². The Labute approximate surface area is 122 Å². The van der Waals surface area contributed by atoms with Gasteiger partial charge < -0.3 is 10.5 Å². The van der Waals surface area contributed by atoms with Gasteiger partial charge >= 0.3 is 0 Å². The normalized spacial score (nSPS) is 17.0. The topological polar surface area (TPSA) is 116 Å². The molecule has 0 spiro atoms. The Kier molecular flexibility index (Phi) is 4.45. The van der Waals surface area contributed by atoms with Crippen molar-refractivity contribution in [1.82, 2.24) is 4.31 Å². The number of rotatable bonds is 4. The summed E-state index contributed by atoms with van der Waals surface area (Å²) in [7, 11) is -2.51. The fraction of sp³-hybridized carbons (Fsp3) is 0.500. The Bertz CT molecular complexity index is 640. The molecule has 1 aromatic rings. The molecule has 0 radical (unpaired) electrons. The van der Waals surface area contributed by atoms with E-state index < -0.39 is 20.6 Å². The largest absolute Gasteiger partial charge is 0.399 e. The van der Waals surface area contributed by atoms with E-state index in [1.54, 1.807) is 0 Å². The van der Waals surface area contributed by atoms with Crippen LogP contribution in [0.5, 0.6) is 0 Å². The van der Waals surface area contributed by atoms with Gasteiger partial charge in [0.2, 0.25) is 10.0 Å². The molecule has 2 N–H and O–H groups in total. The van der Waals surface area contributed by atoms with Gasteiger partial charge in [0.25, 0.3) is 5.69 Å². The monoisotopic (exact) mass is 315 g/mol. The van der Waals surface area contributed by atoms with Crippen molar-refractivity contribution in [3.8, 4) is 0 Å². The van der Waals surface area contributed by atoms with Crippen molar-refractivity contribution >= 4 is 21.4 Å². The van der Waals surface area contributed by atoms with Crippen molar-refractivity contribution in [1.29, 1.82) is 0 Å². The van der Waals surface area contributed by atoms with Gasteiger partial charge in [-0.05, 0) is 25.0 Å². The lowest BCUT2D eigenvalue weighted by atomic mass is 10.1. The lowest BCUT2D eigenvalue weighted by molar-refractivity contribution is -0.387. The maximum atomic E-state index is 12.6. The van der Waals surface area contributed by atoms with E-state index in [-0.39, 0.29) is 16.6 Å². The lowest BCUT2D eigenvalue weighted by Gasteiger charge is -2.30. The number of anilines is 1. The number of ether oxygens (including phenoxy) is 1. The summed E-state index contributed by atoms with van der Waals surface area (Å²) in [4.78, 5) is 9.99. The molecule has 1 aliphatic rings. The molecule has 1 fully saturated rings. The van der Waals surface area contributed by atoms with E-state index in [1.807, 2.05) is 0 Å². The molecule has 2 rings (SSSR count). The minimum absolute atomic E-state index is 0.148. The van der Waals surface area contributed by atoms with E-state index in [0.29, 0.717) is 26.1 Å². The number of hydrogen-bond donors (Lipinski definition) is 1. The van der Waals surface area contributed by atoms with Crippen LogP contribution in [0, 0.1) is 10.1 Å². The fourth-order valence-corrected chi connectivity index (χ4v) is 3.85. The van der Waals surface area contributed by atoms with E-state index in [9.17, 15) is 18.5 Å². The molecule has 1 saturated heterocycles. The molecule has 0 aromatic heterocycles. The van der Waals surface area contributed by atoms with Crippen molar-refractivity contribution in [3.05, 3.63) is 28.3 Å². The number of sulfonamides is 1. The third kappa shape index (κ3) is 3.14. The van der Waals surface area contributed by atoms with Gasteiger partial charge in [-0.15, -0.1) is 0 Å². The molecule has 21 heavy (non-hydrogen) atoms. The first-order valence-corrected chi connectivity index (χ1v) is 7.87. The number of nitrogen functional groups attached to an aromatic ring is 1.